The van der Waals surface area contributed by atoms with Crippen molar-refractivity contribution in [3.63, 3.8) is 0 Å². The van der Waals surface area contributed by atoms with Crippen molar-refractivity contribution >= 4 is 0 Å². The molecule has 0 spiro atoms. The largest absolute Gasteiger partial charge is 0.103 e. The Morgan fingerprint density at radius 3 is 2.62 bits per heavy atom. The number of rotatable bonds is 2. The minimum absolute atomic E-state index is 0.719. The molecule has 3 unspecified atom stereocenters. The summed E-state index contributed by atoms with van der Waals surface area (Å²) < 4.78 is 0. The maximum absolute atomic E-state index is 3.93. The zero-order chi connectivity index (χ0) is 11.2. The molecule has 0 aliphatic heterocycles. The standard InChI is InChI=1S/C16H24/c1-2-14-8-7-11-16(13-12-14)15-9-5-3-4-6-10-15/h2,5,7,9,11,14-16H,1,3-4,6,8,10,12-13H2. The second-order valence-corrected chi connectivity index (χ2v) is 5.28. The van der Waals surface area contributed by atoms with Crippen LogP contribution in [0.2, 0.25) is 0 Å². The van der Waals surface area contributed by atoms with E-state index in [1.54, 1.807) is 0 Å². The van der Waals surface area contributed by atoms with E-state index < -0.39 is 0 Å². The summed E-state index contributed by atoms with van der Waals surface area (Å²) in [6, 6.07) is 0. The molecule has 2 aliphatic carbocycles. The van der Waals surface area contributed by atoms with Crippen LogP contribution in [0.3, 0.4) is 0 Å². The summed E-state index contributed by atoms with van der Waals surface area (Å²) in [6.45, 7) is 3.93. The predicted molar refractivity (Wildman–Crippen MR) is 71.3 cm³/mol. The molecule has 0 amide bonds. The fraction of sp³-hybridized carbons (Fsp3) is 0.625. The van der Waals surface area contributed by atoms with Crippen LogP contribution in [0.25, 0.3) is 0 Å². The zero-order valence-electron chi connectivity index (χ0n) is 10.3. The van der Waals surface area contributed by atoms with E-state index in [1.807, 2.05) is 0 Å². The highest BCUT2D eigenvalue weighted by Gasteiger charge is 2.20. The summed E-state index contributed by atoms with van der Waals surface area (Å²) in [5, 5.41) is 0. The minimum Gasteiger partial charge on any atom is -0.103 e. The topological polar surface area (TPSA) is 0 Å². The molecule has 0 bridgehead atoms. The van der Waals surface area contributed by atoms with Crippen molar-refractivity contribution < 1.29 is 0 Å². The third-order valence-corrected chi connectivity index (χ3v) is 4.12. The molecular formula is C16H24. The third-order valence-electron chi connectivity index (χ3n) is 4.12. The Kier molecular flexibility index (Phi) is 4.44. The lowest BCUT2D eigenvalue weighted by Gasteiger charge is -2.20. The maximum Gasteiger partial charge on any atom is -0.0170 e. The van der Waals surface area contributed by atoms with E-state index in [4.69, 9.17) is 0 Å². The van der Waals surface area contributed by atoms with Gasteiger partial charge in [0, 0.05) is 0 Å². The Bertz CT molecular complexity index is 272. The monoisotopic (exact) mass is 216 g/mol. The van der Waals surface area contributed by atoms with Crippen molar-refractivity contribution in [2.45, 2.75) is 44.9 Å². The van der Waals surface area contributed by atoms with Gasteiger partial charge in [-0.3, -0.25) is 0 Å². The molecule has 0 N–H and O–H groups in total. The lowest BCUT2D eigenvalue weighted by molar-refractivity contribution is 0.393. The molecule has 0 nitrogen and oxygen atoms in total. The summed E-state index contributed by atoms with van der Waals surface area (Å²) >= 11 is 0. The number of hydrogen-bond donors (Lipinski definition) is 0. The number of hydrogen-bond acceptors (Lipinski definition) is 0. The zero-order valence-corrected chi connectivity index (χ0v) is 10.3. The van der Waals surface area contributed by atoms with Gasteiger partial charge in [-0.1, -0.05) is 36.8 Å². The van der Waals surface area contributed by atoms with Gasteiger partial charge < -0.3 is 0 Å². The van der Waals surface area contributed by atoms with Crippen LogP contribution < -0.4 is 0 Å². The van der Waals surface area contributed by atoms with Gasteiger partial charge in [-0.25, -0.2) is 0 Å². The molecule has 0 radical (unpaired) electrons. The molecule has 16 heavy (non-hydrogen) atoms. The van der Waals surface area contributed by atoms with E-state index >= 15 is 0 Å². The highest BCUT2D eigenvalue weighted by atomic mass is 14.3. The highest BCUT2D eigenvalue weighted by molar-refractivity contribution is 5.04. The third kappa shape index (κ3) is 3.10. The summed E-state index contributed by atoms with van der Waals surface area (Å²) in [7, 11) is 0. The SMILES string of the molecule is C=CC1CC=CC(C2C=CCCCC2)CC1. The van der Waals surface area contributed by atoms with Gasteiger partial charge in [0.15, 0.2) is 0 Å². The van der Waals surface area contributed by atoms with E-state index in [-0.39, 0.29) is 0 Å². The molecule has 0 saturated carbocycles. The Hall–Kier alpha value is -0.780. The van der Waals surface area contributed by atoms with Crippen LogP contribution >= 0.6 is 0 Å². The average Bonchev–Trinajstić information content (AvgIpc) is 2.71. The molecule has 2 aliphatic rings. The van der Waals surface area contributed by atoms with Crippen molar-refractivity contribution in [3.05, 3.63) is 37.0 Å². The van der Waals surface area contributed by atoms with Crippen molar-refractivity contribution in [2.75, 3.05) is 0 Å². The summed E-state index contributed by atoms with van der Waals surface area (Å²) in [4.78, 5) is 0. The van der Waals surface area contributed by atoms with Crippen LogP contribution in [0.4, 0.5) is 0 Å². The van der Waals surface area contributed by atoms with E-state index in [0.717, 1.165) is 17.8 Å². The van der Waals surface area contributed by atoms with Gasteiger partial charge in [0.05, 0.1) is 0 Å². The molecule has 0 aromatic carbocycles. The van der Waals surface area contributed by atoms with Crippen LogP contribution in [0, 0.1) is 17.8 Å². The van der Waals surface area contributed by atoms with Crippen LogP contribution in [-0.4, -0.2) is 0 Å². The molecule has 0 heteroatoms. The molecule has 0 aromatic heterocycles. The summed E-state index contributed by atoms with van der Waals surface area (Å²) in [6.07, 6.45) is 21.3. The van der Waals surface area contributed by atoms with E-state index in [0.29, 0.717) is 0 Å². The van der Waals surface area contributed by atoms with Crippen molar-refractivity contribution in [1.82, 2.24) is 0 Å². The molecule has 88 valence electrons. The van der Waals surface area contributed by atoms with Crippen molar-refractivity contribution in [3.8, 4) is 0 Å². The fourth-order valence-electron chi connectivity index (χ4n) is 2.99. The Labute approximate surface area is 100 Å². The van der Waals surface area contributed by atoms with E-state index in [9.17, 15) is 0 Å². The first-order chi connectivity index (χ1) is 7.90. The van der Waals surface area contributed by atoms with Crippen molar-refractivity contribution in [1.29, 1.82) is 0 Å². The van der Waals surface area contributed by atoms with Gasteiger partial charge in [-0.2, -0.15) is 0 Å². The molecule has 0 aromatic rings. The average molecular weight is 216 g/mol. The van der Waals surface area contributed by atoms with Crippen LogP contribution in [0.15, 0.2) is 37.0 Å². The van der Waals surface area contributed by atoms with Gasteiger partial charge in [0.2, 0.25) is 0 Å². The van der Waals surface area contributed by atoms with Gasteiger partial charge in [0.1, 0.15) is 0 Å². The first-order valence-corrected chi connectivity index (χ1v) is 6.86. The number of allylic oxidation sites excluding steroid dienone is 5. The maximum atomic E-state index is 3.93. The van der Waals surface area contributed by atoms with Gasteiger partial charge in [-0.15, -0.1) is 6.58 Å². The first-order valence-electron chi connectivity index (χ1n) is 6.86. The smallest absolute Gasteiger partial charge is 0.0170 e. The van der Waals surface area contributed by atoms with Crippen LogP contribution in [0.1, 0.15) is 44.9 Å². The van der Waals surface area contributed by atoms with E-state index in [1.165, 1.54) is 44.9 Å². The Morgan fingerprint density at radius 2 is 1.75 bits per heavy atom. The predicted octanol–water partition coefficient (Wildman–Crippen LogP) is 4.89. The normalized spacial score (nSPS) is 35.4. The van der Waals surface area contributed by atoms with Gasteiger partial charge in [-0.05, 0) is 56.3 Å². The van der Waals surface area contributed by atoms with E-state index in [2.05, 4.69) is 37.0 Å². The van der Waals surface area contributed by atoms with Crippen LogP contribution in [0.5, 0.6) is 0 Å². The van der Waals surface area contributed by atoms with Crippen molar-refractivity contribution in [2.24, 2.45) is 17.8 Å². The van der Waals surface area contributed by atoms with Crippen LogP contribution in [-0.2, 0) is 0 Å². The molecular weight excluding hydrogens is 192 g/mol. The second-order valence-electron chi connectivity index (χ2n) is 5.28. The lowest BCUT2D eigenvalue weighted by atomic mass is 9.85. The highest BCUT2D eigenvalue weighted by Crippen LogP contribution is 2.32. The first kappa shape index (κ1) is 11.7. The quantitative estimate of drug-likeness (QED) is 0.576. The summed E-state index contributed by atoms with van der Waals surface area (Å²) in [5.74, 6) is 2.32. The fourth-order valence-corrected chi connectivity index (χ4v) is 2.99. The molecule has 0 fully saturated rings. The molecule has 0 saturated heterocycles. The molecule has 0 heterocycles. The van der Waals surface area contributed by atoms with Gasteiger partial charge in [0.25, 0.3) is 0 Å². The molecule has 3 atom stereocenters. The van der Waals surface area contributed by atoms with Gasteiger partial charge >= 0.3 is 0 Å². The minimum atomic E-state index is 0.719. The molecule has 2 rings (SSSR count). The lowest BCUT2D eigenvalue weighted by Crippen LogP contribution is -2.10. The second kappa shape index (κ2) is 6.08. The Balaban J connectivity index is 1.95. The summed E-state index contributed by atoms with van der Waals surface area (Å²) in [5.41, 5.74) is 0. The Morgan fingerprint density at radius 1 is 0.938 bits per heavy atom.